The summed E-state index contributed by atoms with van der Waals surface area (Å²) in [6, 6.07) is 17.8. The number of esters is 4. The summed E-state index contributed by atoms with van der Waals surface area (Å²) in [6.45, 7) is 21.5. The van der Waals surface area contributed by atoms with E-state index in [1.807, 2.05) is 27.7 Å². The first kappa shape index (κ1) is 39.1. The highest BCUT2D eigenvalue weighted by Gasteiger charge is 2.33. The first-order valence-electron chi connectivity index (χ1n) is 16.1. The summed E-state index contributed by atoms with van der Waals surface area (Å²) in [7, 11) is 0. The van der Waals surface area contributed by atoms with Crippen molar-refractivity contribution in [2.24, 2.45) is 0 Å². The van der Waals surface area contributed by atoms with Crippen LogP contribution in [0.1, 0.15) is 87.6 Å². The SMILES string of the molecule is C=CC(=O)OC(C)CC(C)(C)Oc1ccc(C(=O)Oc2ccc(OC(=O)c3ccc(OC(C)(C)CC(C)(C)OC(=O)C=C)cc3)cc2C)cc1. The van der Waals surface area contributed by atoms with Crippen LogP contribution in [-0.4, -0.2) is 46.8 Å². The molecule has 1 unspecified atom stereocenters. The minimum atomic E-state index is -0.782. The smallest absolute Gasteiger partial charge is 0.343 e. The Bertz CT molecular complexity index is 1700. The zero-order valence-electron chi connectivity index (χ0n) is 30.0. The highest BCUT2D eigenvalue weighted by Crippen LogP contribution is 2.30. The molecule has 10 nitrogen and oxygen atoms in total. The van der Waals surface area contributed by atoms with Gasteiger partial charge in [0.25, 0.3) is 0 Å². The summed E-state index contributed by atoms with van der Waals surface area (Å²) in [5.74, 6) is -0.487. The molecule has 0 aliphatic carbocycles. The quantitative estimate of drug-likeness (QED) is 0.0828. The summed E-state index contributed by atoms with van der Waals surface area (Å²) in [5.41, 5.74) is -0.905. The van der Waals surface area contributed by atoms with E-state index in [1.54, 1.807) is 94.4 Å². The van der Waals surface area contributed by atoms with E-state index in [2.05, 4.69) is 13.2 Å². The Morgan fingerprint density at radius 1 is 0.660 bits per heavy atom. The van der Waals surface area contributed by atoms with Crippen molar-refractivity contribution in [1.29, 1.82) is 0 Å². The molecule has 0 spiro atoms. The number of ether oxygens (including phenoxy) is 6. The first-order chi connectivity index (χ1) is 23.3. The van der Waals surface area contributed by atoms with Crippen LogP contribution in [0.4, 0.5) is 0 Å². The van der Waals surface area contributed by atoms with E-state index < -0.39 is 40.7 Å². The van der Waals surface area contributed by atoms with Crippen LogP contribution in [0, 0.1) is 6.92 Å². The second kappa shape index (κ2) is 16.3. The van der Waals surface area contributed by atoms with Crippen LogP contribution in [-0.2, 0) is 19.1 Å². The van der Waals surface area contributed by atoms with Crippen molar-refractivity contribution in [3.05, 3.63) is 109 Å². The van der Waals surface area contributed by atoms with Crippen molar-refractivity contribution in [3.8, 4) is 23.0 Å². The molecule has 0 radical (unpaired) electrons. The monoisotopic (exact) mass is 686 g/mol. The Kier molecular flexibility index (Phi) is 12.8. The maximum Gasteiger partial charge on any atom is 0.343 e. The maximum atomic E-state index is 12.9. The van der Waals surface area contributed by atoms with E-state index in [9.17, 15) is 19.2 Å². The standard InChI is InChI=1S/C40H46O10/c1-11-34(41)45-27(4)24-38(5,6)48-30-17-15-29(16-18-30)37(44)47-33-22-21-32(23-26(33)3)46-36(43)28-13-19-31(20-14-28)49-39(7,8)25-40(9,10)50-35(42)12-2/h11-23,27H,1-2,24-25H2,3-10H3. The van der Waals surface area contributed by atoms with Crippen LogP contribution in [0.3, 0.4) is 0 Å². The van der Waals surface area contributed by atoms with Crippen LogP contribution in [0.25, 0.3) is 0 Å². The van der Waals surface area contributed by atoms with Gasteiger partial charge in [-0.2, -0.15) is 0 Å². The zero-order valence-corrected chi connectivity index (χ0v) is 30.0. The van der Waals surface area contributed by atoms with Crippen molar-refractivity contribution in [3.63, 3.8) is 0 Å². The molecule has 0 bridgehead atoms. The van der Waals surface area contributed by atoms with Gasteiger partial charge in [0.05, 0.1) is 11.1 Å². The van der Waals surface area contributed by atoms with Crippen molar-refractivity contribution < 1.29 is 47.6 Å². The Morgan fingerprint density at radius 2 is 1.14 bits per heavy atom. The second-order valence-electron chi connectivity index (χ2n) is 13.7. The maximum absolute atomic E-state index is 12.9. The molecule has 0 amide bonds. The van der Waals surface area contributed by atoms with E-state index >= 15 is 0 Å². The lowest BCUT2D eigenvalue weighted by Gasteiger charge is -2.34. The van der Waals surface area contributed by atoms with Gasteiger partial charge in [-0.1, -0.05) is 13.2 Å². The molecule has 3 rings (SSSR count). The molecular formula is C40H46O10. The van der Waals surface area contributed by atoms with E-state index in [-0.39, 0.29) is 11.9 Å². The van der Waals surface area contributed by atoms with Crippen LogP contribution >= 0.6 is 0 Å². The molecule has 10 heteroatoms. The van der Waals surface area contributed by atoms with Crippen LogP contribution in [0.5, 0.6) is 23.0 Å². The summed E-state index contributed by atoms with van der Waals surface area (Å²) in [5, 5.41) is 0. The minimum absolute atomic E-state index is 0.280. The minimum Gasteiger partial charge on any atom is -0.488 e. The topological polar surface area (TPSA) is 124 Å². The molecule has 0 saturated carbocycles. The fourth-order valence-corrected chi connectivity index (χ4v) is 5.51. The molecule has 0 saturated heterocycles. The first-order valence-corrected chi connectivity index (χ1v) is 16.1. The number of rotatable bonds is 16. The van der Waals surface area contributed by atoms with Crippen molar-refractivity contribution in [2.75, 3.05) is 0 Å². The number of benzene rings is 3. The lowest BCUT2D eigenvalue weighted by atomic mass is 9.92. The third-order valence-electron chi connectivity index (χ3n) is 7.19. The van der Waals surface area contributed by atoms with Gasteiger partial charge in [0, 0.05) is 25.0 Å². The van der Waals surface area contributed by atoms with Gasteiger partial charge in [-0.05, 0) is 128 Å². The van der Waals surface area contributed by atoms with Gasteiger partial charge < -0.3 is 28.4 Å². The molecule has 0 heterocycles. The third kappa shape index (κ3) is 12.3. The van der Waals surface area contributed by atoms with Crippen molar-refractivity contribution >= 4 is 23.9 Å². The van der Waals surface area contributed by atoms with Gasteiger partial charge in [-0.3, -0.25) is 0 Å². The van der Waals surface area contributed by atoms with Gasteiger partial charge in [-0.15, -0.1) is 0 Å². The predicted molar refractivity (Wildman–Crippen MR) is 189 cm³/mol. The average Bonchev–Trinajstić information content (AvgIpc) is 3.01. The van der Waals surface area contributed by atoms with Crippen molar-refractivity contribution in [1.82, 2.24) is 0 Å². The van der Waals surface area contributed by atoms with Gasteiger partial charge in [0.1, 0.15) is 45.9 Å². The average molecular weight is 687 g/mol. The molecular weight excluding hydrogens is 640 g/mol. The normalized spacial score (nSPS) is 12.2. The summed E-state index contributed by atoms with van der Waals surface area (Å²) < 4.78 is 34.0. The molecule has 266 valence electrons. The Hall–Kier alpha value is -5.38. The number of carbonyl (C=O) groups is 4. The predicted octanol–water partition coefficient (Wildman–Crippen LogP) is 8.15. The van der Waals surface area contributed by atoms with E-state index in [0.717, 1.165) is 12.2 Å². The molecule has 0 N–H and O–H groups in total. The molecule has 1 atom stereocenters. The molecule has 3 aromatic carbocycles. The van der Waals surface area contributed by atoms with Crippen LogP contribution in [0.15, 0.2) is 92.0 Å². The largest absolute Gasteiger partial charge is 0.488 e. The van der Waals surface area contributed by atoms with Crippen LogP contribution < -0.4 is 18.9 Å². The zero-order chi connectivity index (χ0) is 37.3. The molecule has 0 fully saturated rings. The fraction of sp³-hybridized carbons (Fsp3) is 0.350. The number of hydrogen-bond acceptors (Lipinski definition) is 10. The molecule has 0 aromatic heterocycles. The third-order valence-corrected chi connectivity index (χ3v) is 7.19. The number of carbonyl (C=O) groups excluding carboxylic acids is 4. The molecule has 0 aliphatic rings. The van der Waals surface area contributed by atoms with E-state index in [0.29, 0.717) is 46.8 Å². The van der Waals surface area contributed by atoms with Gasteiger partial charge in [-0.25, -0.2) is 19.2 Å². The summed E-state index contributed by atoms with van der Waals surface area (Å²) in [6.07, 6.45) is 2.71. The molecule has 0 aliphatic heterocycles. The molecule has 3 aromatic rings. The summed E-state index contributed by atoms with van der Waals surface area (Å²) >= 11 is 0. The Balaban J connectivity index is 1.56. The van der Waals surface area contributed by atoms with Gasteiger partial charge in [0.15, 0.2) is 0 Å². The van der Waals surface area contributed by atoms with Gasteiger partial charge >= 0.3 is 23.9 Å². The van der Waals surface area contributed by atoms with Gasteiger partial charge in [0.2, 0.25) is 0 Å². The van der Waals surface area contributed by atoms with E-state index in [1.165, 1.54) is 0 Å². The Morgan fingerprint density at radius 3 is 1.64 bits per heavy atom. The fourth-order valence-electron chi connectivity index (χ4n) is 5.51. The highest BCUT2D eigenvalue weighted by atomic mass is 16.6. The van der Waals surface area contributed by atoms with E-state index in [4.69, 9.17) is 28.4 Å². The number of hydrogen-bond donors (Lipinski definition) is 0. The van der Waals surface area contributed by atoms with Crippen LogP contribution in [0.2, 0.25) is 0 Å². The summed E-state index contributed by atoms with van der Waals surface area (Å²) in [4.78, 5) is 48.9. The lowest BCUT2D eigenvalue weighted by molar-refractivity contribution is -0.154. The lowest BCUT2D eigenvalue weighted by Crippen LogP contribution is -2.40. The Labute approximate surface area is 294 Å². The second-order valence-corrected chi connectivity index (χ2v) is 13.7. The number of aryl methyl sites for hydroxylation is 1. The van der Waals surface area contributed by atoms with Crippen molar-refractivity contribution in [2.45, 2.75) is 91.1 Å². The highest BCUT2D eigenvalue weighted by molar-refractivity contribution is 5.92. The molecule has 50 heavy (non-hydrogen) atoms.